The van der Waals surface area contributed by atoms with Crippen LogP contribution in [0.5, 0.6) is 0 Å². The first-order valence-corrected chi connectivity index (χ1v) is 13.0. The van der Waals surface area contributed by atoms with Gasteiger partial charge >= 0.3 is 0 Å². The molecule has 1 fully saturated rings. The standard InChI is InChI=1S/C26H32N6OS/c1-3-4-7-20(14-18-16-27-22-9-6-5-8-21(18)22)29-24(33)23-15-19-17-28-26(30-25(19)34-23)32-12-10-31(2)11-13-32/h5-6,8-9,15-17,20,27H,3-4,7,10-14H2,1-2H3,(H,29,33). The summed E-state index contributed by atoms with van der Waals surface area (Å²) >= 11 is 1.45. The third kappa shape index (κ3) is 4.93. The molecule has 34 heavy (non-hydrogen) atoms. The Morgan fingerprint density at radius 1 is 1.24 bits per heavy atom. The number of piperazine rings is 1. The van der Waals surface area contributed by atoms with Crippen LogP contribution in [0.4, 0.5) is 5.95 Å². The van der Waals surface area contributed by atoms with Crippen LogP contribution in [-0.4, -0.2) is 65.0 Å². The highest BCUT2D eigenvalue weighted by Gasteiger charge is 2.20. The lowest BCUT2D eigenvalue weighted by molar-refractivity contribution is 0.0938. The maximum Gasteiger partial charge on any atom is 0.261 e. The molecule has 1 atom stereocenters. The molecule has 1 unspecified atom stereocenters. The molecule has 0 bridgehead atoms. The number of para-hydroxylation sites is 1. The Morgan fingerprint density at radius 2 is 2.06 bits per heavy atom. The van der Waals surface area contributed by atoms with Gasteiger partial charge in [-0.2, -0.15) is 0 Å². The van der Waals surface area contributed by atoms with E-state index in [0.717, 1.165) is 73.5 Å². The van der Waals surface area contributed by atoms with Crippen LogP contribution in [0.15, 0.2) is 42.7 Å². The van der Waals surface area contributed by atoms with Gasteiger partial charge in [0.05, 0.1) is 4.88 Å². The van der Waals surface area contributed by atoms with E-state index in [1.807, 2.05) is 18.3 Å². The number of hydrogen-bond acceptors (Lipinski definition) is 6. The fraction of sp³-hybridized carbons (Fsp3) is 0.423. The molecule has 0 saturated carbocycles. The van der Waals surface area contributed by atoms with Crippen LogP contribution >= 0.6 is 11.3 Å². The summed E-state index contributed by atoms with van der Waals surface area (Å²) in [5.74, 6) is 0.736. The van der Waals surface area contributed by atoms with Crippen molar-refractivity contribution in [3.8, 4) is 0 Å². The smallest absolute Gasteiger partial charge is 0.261 e. The average Bonchev–Trinajstić information content (AvgIpc) is 3.47. The van der Waals surface area contributed by atoms with Crippen molar-refractivity contribution >= 4 is 44.3 Å². The number of likely N-dealkylation sites (N-methyl/N-ethyl adjacent to an activating group) is 1. The maximum atomic E-state index is 13.2. The number of thiophene rings is 1. The molecule has 8 heteroatoms. The predicted octanol–water partition coefficient (Wildman–Crippen LogP) is 4.46. The molecular formula is C26H32N6OS. The fourth-order valence-corrected chi connectivity index (χ4v) is 5.49. The quantitative estimate of drug-likeness (QED) is 0.393. The lowest BCUT2D eigenvalue weighted by Gasteiger charge is -2.32. The number of fused-ring (bicyclic) bond motifs is 2. The molecule has 1 amide bonds. The third-order valence-electron chi connectivity index (χ3n) is 6.65. The van der Waals surface area contributed by atoms with Gasteiger partial charge in [0.25, 0.3) is 5.91 Å². The van der Waals surface area contributed by atoms with Gasteiger partial charge in [-0.05, 0) is 37.6 Å². The minimum Gasteiger partial charge on any atom is -0.361 e. The Labute approximate surface area is 204 Å². The molecule has 178 valence electrons. The van der Waals surface area contributed by atoms with Gasteiger partial charge in [0.2, 0.25) is 5.95 Å². The summed E-state index contributed by atoms with van der Waals surface area (Å²) in [6, 6.07) is 10.3. The zero-order chi connectivity index (χ0) is 23.5. The summed E-state index contributed by atoms with van der Waals surface area (Å²) in [6.45, 7) is 6.05. The van der Waals surface area contributed by atoms with E-state index in [-0.39, 0.29) is 11.9 Å². The van der Waals surface area contributed by atoms with Gasteiger partial charge in [0, 0.05) is 60.9 Å². The maximum absolute atomic E-state index is 13.2. The average molecular weight is 477 g/mol. The summed E-state index contributed by atoms with van der Waals surface area (Å²) < 4.78 is 0. The first-order chi connectivity index (χ1) is 16.6. The van der Waals surface area contributed by atoms with Crippen LogP contribution in [0, 0.1) is 0 Å². The second-order valence-corrected chi connectivity index (χ2v) is 10.2. The molecule has 0 radical (unpaired) electrons. The molecule has 1 aromatic carbocycles. The number of aromatic nitrogens is 3. The van der Waals surface area contributed by atoms with Crippen molar-refractivity contribution in [3.05, 3.63) is 53.2 Å². The highest BCUT2D eigenvalue weighted by Crippen LogP contribution is 2.26. The Bertz CT molecular complexity index is 1270. The number of rotatable bonds is 8. The Hall–Kier alpha value is -2.97. The van der Waals surface area contributed by atoms with Crippen molar-refractivity contribution in [2.24, 2.45) is 0 Å². The zero-order valence-corrected chi connectivity index (χ0v) is 20.7. The van der Waals surface area contributed by atoms with E-state index in [4.69, 9.17) is 4.98 Å². The molecule has 0 aliphatic carbocycles. The molecule has 0 spiro atoms. The molecular weight excluding hydrogens is 444 g/mol. The largest absolute Gasteiger partial charge is 0.361 e. The third-order valence-corrected chi connectivity index (χ3v) is 7.70. The first kappa shape index (κ1) is 22.8. The van der Waals surface area contributed by atoms with Crippen molar-refractivity contribution in [3.63, 3.8) is 0 Å². The molecule has 2 N–H and O–H groups in total. The molecule has 1 aliphatic rings. The van der Waals surface area contributed by atoms with E-state index in [0.29, 0.717) is 4.88 Å². The van der Waals surface area contributed by atoms with Gasteiger partial charge in [-0.15, -0.1) is 11.3 Å². The van der Waals surface area contributed by atoms with E-state index in [1.54, 1.807) is 0 Å². The van der Waals surface area contributed by atoms with Gasteiger partial charge < -0.3 is 20.1 Å². The van der Waals surface area contributed by atoms with E-state index < -0.39 is 0 Å². The monoisotopic (exact) mass is 476 g/mol. The number of H-pyrrole nitrogens is 1. The van der Waals surface area contributed by atoms with Gasteiger partial charge in [0.1, 0.15) is 4.83 Å². The number of anilines is 1. The molecule has 1 aliphatic heterocycles. The minimum atomic E-state index is -0.0231. The number of hydrogen-bond donors (Lipinski definition) is 2. The number of nitrogens with one attached hydrogen (secondary N) is 2. The van der Waals surface area contributed by atoms with Crippen molar-refractivity contribution in [1.29, 1.82) is 0 Å². The van der Waals surface area contributed by atoms with Gasteiger partial charge in [-0.1, -0.05) is 38.0 Å². The van der Waals surface area contributed by atoms with Crippen molar-refractivity contribution in [2.75, 3.05) is 38.1 Å². The van der Waals surface area contributed by atoms with Crippen molar-refractivity contribution in [2.45, 2.75) is 38.6 Å². The van der Waals surface area contributed by atoms with Crippen LogP contribution in [0.2, 0.25) is 0 Å². The van der Waals surface area contributed by atoms with Crippen LogP contribution in [0.1, 0.15) is 41.4 Å². The number of carbonyl (C=O) groups excluding carboxylic acids is 1. The second kappa shape index (κ2) is 10.1. The summed E-state index contributed by atoms with van der Waals surface area (Å²) in [6.07, 6.45) is 7.88. The number of nitrogens with zero attached hydrogens (tertiary/aromatic N) is 4. The Kier molecular flexibility index (Phi) is 6.78. The normalized spacial score (nSPS) is 15.8. The van der Waals surface area contributed by atoms with Crippen LogP contribution in [0.3, 0.4) is 0 Å². The van der Waals surface area contributed by atoms with E-state index >= 15 is 0 Å². The van der Waals surface area contributed by atoms with Crippen LogP contribution in [-0.2, 0) is 6.42 Å². The molecule has 1 saturated heterocycles. The van der Waals surface area contributed by atoms with Crippen molar-refractivity contribution < 1.29 is 4.79 Å². The number of unbranched alkanes of at least 4 members (excludes halogenated alkanes) is 1. The number of aromatic amines is 1. The highest BCUT2D eigenvalue weighted by atomic mass is 32.1. The van der Waals surface area contributed by atoms with Crippen molar-refractivity contribution in [1.82, 2.24) is 25.2 Å². The zero-order valence-electron chi connectivity index (χ0n) is 19.9. The van der Waals surface area contributed by atoms with E-state index in [1.165, 1.54) is 22.3 Å². The molecule has 7 nitrogen and oxygen atoms in total. The van der Waals surface area contributed by atoms with Crippen LogP contribution in [0.25, 0.3) is 21.1 Å². The SMILES string of the molecule is CCCCC(Cc1c[nH]c2ccccc12)NC(=O)c1cc2cnc(N3CCN(C)CC3)nc2s1. The van der Waals surface area contributed by atoms with Crippen LogP contribution < -0.4 is 10.2 Å². The first-order valence-electron chi connectivity index (χ1n) is 12.2. The summed E-state index contributed by atoms with van der Waals surface area (Å²) in [5.41, 5.74) is 2.38. The number of carbonyl (C=O) groups is 1. The second-order valence-electron chi connectivity index (χ2n) is 9.21. The van der Waals surface area contributed by atoms with Gasteiger partial charge in [-0.3, -0.25) is 4.79 Å². The number of benzene rings is 1. The molecule has 4 aromatic rings. The number of amides is 1. The predicted molar refractivity (Wildman–Crippen MR) is 140 cm³/mol. The highest BCUT2D eigenvalue weighted by molar-refractivity contribution is 7.20. The summed E-state index contributed by atoms with van der Waals surface area (Å²) in [5, 5.41) is 5.46. The van der Waals surface area contributed by atoms with E-state index in [2.05, 4.69) is 63.5 Å². The van der Waals surface area contributed by atoms with Gasteiger partial charge in [0.15, 0.2) is 0 Å². The van der Waals surface area contributed by atoms with E-state index in [9.17, 15) is 4.79 Å². The molecule has 3 aromatic heterocycles. The fourth-order valence-electron chi connectivity index (χ4n) is 4.59. The lowest BCUT2D eigenvalue weighted by atomic mass is 10.0. The minimum absolute atomic E-state index is 0.0231. The Morgan fingerprint density at radius 3 is 2.88 bits per heavy atom. The molecule has 5 rings (SSSR count). The summed E-state index contributed by atoms with van der Waals surface area (Å²) in [4.78, 5) is 32.0. The Balaban J connectivity index is 1.31. The van der Waals surface area contributed by atoms with Gasteiger partial charge in [-0.25, -0.2) is 9.97 Å². The lowest BCUT2D eigenvalue weighted by Crippen LogP contribution is -2.45. The molecule has 4 heterocycles. The summed E-state index contributed by atoms with van der Waals surface area (Å²) in [7, 11) is 2.14. The topological polar surface area (TPSA) is 77.2 Å².